The van der Waals surface area contributed by atoms with Crippen LogP contribution in [0.5, 0.6) is 5.75 Å². The first-order valence-corrected chi connectivity index (χ1v) is 11.2. The van der Waals surface area contributed by atoms with Crippen LogP contribution in [0, 0.1) is 13.8 Å². The van der Waals surface area contributed by atoms with Crippen LogP contribution in [0.3, 0.4) is 0 Å². The van der Waals surface area contributed by atoms with E-state index in [1.807, 2.05) is 86.6 Å². The molecule has 1 N–H and O–H groups in total. The van der Waals surface area contributed by atoms with Crippen molar-refractivity contribution in [1.82, 2.24) is 10.2 Å². The Hall–Kier alpha value is -3.31. The highest BCUT2D eigenvalue weighted by atomic mass is 35.5. The predicted molar refractivity (Wildman–Crippen MR) is 131 cm³/mol. The number of benzene rings is 3. The predicted octanol–water partition coefficient (Wildman–Crippen LogP) is 4.72. The average Bonchev–Trinajstić information content (AvgIpc) is 2.83. The molecule has 0 fully saturated rings. The molecule has 3 aromatic carbocycles. The van der Waals surface area contributed by atoms with Crippen molar-refractivity contribution < 1.29 is 14.3 Å². The van der Waals surface area contributed by atoms with E-state index in [1.54, 1.807) is 11.9 Å². The maximum Gasteiger partial charge on any atom is 0.261 e. The molecule has 3 rings (SSSR count). The Morgan fingerprint density at radius 2 is 1.48 bits per heavy atom. The van der Waals surface area contributed by atoms with E-state index in [2.05, 4.69) is 5.32 Å². The molecule has 2 amide bonds. The van der Waals surface area contributed by atoms with Crippen LogP contribution >= 0.6 is 11.6 Å². The second kappa shape index (κ2) is 11.5. The number of hydrogen-bond donors (Lipinski definition) is 1. The molecule has 6 heteroatoms. The van der Waals surface area contributed by atoms with Crippen LogP contribution in [-0.2, 0) is 22.6 Å². The van der Waals surface area contributed by atoms with Crippen LogP contribution < -0.4 is 10.1 Å². The van der Waals surface area contributed by atoms with Crippen molar-refractivity contribution in [3.05, 3.63) is 100 Å². The number of ether oxygens (including phenoxy) is 1. The van der Waals surface area contributed by atoms with Crippen molar-refractivity contribution in [3.63, 3.8) is 0 Å². The SMILES string of the molecule is CNC(=O)[C@H](Cc1ccccc1)N(Cc1ccccc1)C(=O)COc1cc(C)c(Cl)c(C)c1. The summed E-state index contributed by atoms with van der Waals surface area (Å²) >= 11 is 6.25. The first-order valence-electron chi connectivity index (χ1n) is 10.9. The van der Waals surface area contributed by atoms with Gasteiger partial charge in [-0.3, -0.25) is 9.59 Å². The number of nitrogens with zero attached hydrogens (tertiary/aromatic N) is 1. The van der Waals surface area contributed by atoms with E-state index in [0.29, 0.717) is 23.7 Å². The molecule has 0 aliphatic rings. The molecular formula is C27H29ClN2O3. The van der Waals surface area contributed by atoms with Crippen LogP contribution in [-0.4, -0.2) is 36.4 Å². The molecule has 0 bridgehead atoms. The lowest BCUT2D eigenvalue weighted by molar-refractivity contribution is -0.142. The molecule has 0 aromatic heterocycles. The van der Waals surface area contributed by atoms with Crippen molar-refractivity contribution in [2.75, 3.05) is 13.7 Å². The monoisotopic (exact) mass is 464 g/mol. The van der Waals surface area contributed by atoms with E-state index in [1.165, 1.54) is 0 Å². The van der Waals surface area contributed by atoms with E-state index < -0.39 is 6.04 Å². The maximum absolute atomic E-state index is 13.4. The van der Waals surface area contributed by atoms with Crippen molar-refractivity contribution in [1.29, 1.82) is 0 Å². The van der Waals surface area contributed by atoms with E-state index in [4.69, 9.17) is 16.3 Å². The largest absolute Gasteiger partial charge is 0.484 e. The van der Waals surface area contributed by atoms with Gasteiger partial charge in [-0.2, -0.15) is 0 Å². The number of halogens is 1. The highest BCUT2D eigenvalue weighted by molar-refractivity contribution is 6.32. The molecule has 33 heavy (non-hydrogen) atoms. The molecule has 0 heterocycles. The van der Waals surface area contributed by atoms with E-state index in [0.717, 1.165) is 22.3 Å². The molecule has 1 atom stereocenters. The highest BCUT2D eigenvalue weighted by Crippen LogP contribution is 2.26. The van der Waals surface area contributed by atoms with Gasteiger partial charge in [0, 0.05) is 25.0 Å². The van der Waals surface area contributed by atoms with Crippen LogP contribution in [0.25, 0.3) is 0 Å². The van der Waals surface area contributed by atoms with Gasteiger partial charge in [-0.05, 0) is 48.2 Å². The molecule has 0 aliphatic carbocycles. The molecule has 0 saturated carbocycles. The van der Waals surface area contributed by atoms with Crippen LogP contribution in [0.1, 0.15) is 22.3 Å². The second-order valence-electron chi connectivity index (χ2n) is 7.99. The van der Waals surface area contributed by atoms with E-state index in [9.17, 15) is 9.59 Å². The number of carbonyl (C=O) groups excluding carboxylic acids is 2. The third-order valence-electron chi connectivity index (χ3n) is 5.49. The van der Waals surface area contributed by atoms with Gasteiger partial charge in [0.1, 0.15) is 11.8 Å². The summed E-state index contributed by atoms with van der Waals surface area (Å²) in [5.41, 5.74) is 3.67. The van der Waals surface area contributed by atoms with Gasteiger partial charge in [0.15, 0.2) is 6.61 Å². The van der Waals surface area contributed by atoms with E-state index in [-0.39, 0.29) is 18.4 Å². The quantitative estimate of drug-likeness (QED) is 0.498. The lowest BCUT2D eigenvalue weighted by Crippen LogP contribution is -2.51. The summed E-state index contributed by atoms with van der Waals surface area (Å²) in [7, 11) is 1.58. The fraction of sp³-hybridized carbons (Fsp3) is 0.259. The Kier molecular flexibility index (Phi) is 8.50. The number of nitrogens with one attached hydrogen (secondary N) is 1. The van der Waals surface area contributed by atoms with Crippen molar-refractivity contribution >= 4 is 23.4 Å². The van der Waals surface area contributed by atoms with Crippen molar-refractivity contribution in [2.24, 2.45) is 0 Å². The van der Waals surface area contributed by atoms with Crippen LogP contribution in [0.15, 0.2) is 72.8 Å². The third kappa shape index (κ3) is 6.59. The molecule has 3 aromatic rings. The first kappa shape index (κ1) is 24.3. The molecular weight excluding hydrogens is 436 g/mol. The molecule has 0 saturated heterocycles. The fourth-order valence-electron chi connectivity index (χ4n) is 3.72. The van der Waals surface area contributed by atoms with Crippen molar-refractivity contribution in [3.8, 4) is 5.75 Å². The summed E-state index contributed by atoms with van der Waals surface area (Å²) in [5.74, 6) is 0.0805. The number of likely N-dealkylation sites (N-methyl/N-ethyl adjacent to an activating group) is 1. The minimum atomic E-state index is -0.678. The van der Waals surface area contributed by atoms with Crippen LogP contribution in [0.2, 0.25) is 5.02 Å². The van der Waals surface area contributed by atoms with Crippen molar-refractivity contribution in [2.45, 2.75) is 32.9 Å². The third-order valence-corrected chi connectivity index (χ3v) is 6.08. The van der Waals surface area contributed by atoms with Gasteiger partial charge in [0.25, 0.3) is 5.91 Å². The molecule has 0 spiro atoms. The lowest BCUT2D eigenvalue weighted by Gasteiger charge is -2.31. The van der Waals surface area contributed by atoms with Gasteiger partial charge < -0.3 is 15.0 Å². The second-order valence-corrected chi connectivity index (χ2v) is 8.36. The smallest absolute Gasteiger partial charge is 0.261 e. The Morgan fingerprint density at radius 1 is 0.939 bits per heavy atom. The number of rotatable bonds is 9. The topological polar surface area (TPSA) is 58.6 Å². The summed E-state index contributed by atoms with van der Waals surface area (Å²) in [6, 6.07) is 22.3. The van der Waals surface area contributed by atoms with Crippen LogP contribution in [0.4, 0.5) is 0 Å². The molecule has 5 nitrogen and oxygen atoms in total. The van der Waals surface area contributed by atoms with E-state index >= 15 is 0 Å². The summed E-state index contributed by atoms with van der Waals surface area (Å²) in [6.07, 6.45) is 0.401. The lowest BCUT2D eigenvalue weighted by atomic mass is 10.0. The Bertz CT molecular complexity index is 1060. The zero-order valence-electron chi connectivity index (χ0n) is 19.2. The fourth-order valence-corrected chi connectivity index (χ4v) is 3.83. The maximum atomic E-state index is 13.4. The van der Waals surface area contributed by atoms with Gasteiger partial charge >= 0.3 is 0 Å². The standard InChI is InChI=1S/C27H29ClN2O3/c1-19-14-23(15-20(2)26(19)28)33-18-25(31)30(17-22-12-8-5-9-13-22)24(27(32)29-3)16-21-10-6-4-7-11-21/h4-15,24H,16-18H2,1-3H3,(H,29,32)/t24-/m0/s1. The molecule has 172 valence electrons. The number of hydrogen-bond acceptors (Lipinski definition) is 3. The number of aryl methyl sites for hydroxylation is 2. The van der Waals surface area contributed by atoms with Gasteiger partial charge in [-0.1, -0.05) is 72.3 Å². The minimum Gasteiger partial charge on any atom is -0.484 e. The summed E-state index contributed by atoms with van der Waals surface area (Å²) in [4.78, 5) is 27.9. The Labute approximate surface area is 200 Å². The highest BCUT2D eigenvalue weighted by Gasteiger charge is 2.30. The Morgan fingerprint density at radius 3 is 2.03 bits per heavy atom. The minimum absolute atomic E-state index is 0.185. The molecule has 0 unspecified atom stereocenters. The summed E-state index contributed by atoms with van der Waals surface area (Å²) in [5, 5.41) is 3.40. The average molecular weight is 465 g/mol. The normalized spacial score (nSPS) is 11.5. The summed E-state index contributed by atoms with van der Waals surface area (Å²) < 4.78 is 5.84. The molecule has 0 radical (unpaired) electrons. The number of amides is 2. The van der Waals surface area contributed by atoms with Gasteiger partial charge in [0.2, 0.25) is 5.91 Å². The van der Waals surface area contributed by atoms with Gasteiger partial charge in [-0.25, -0.2) is 0 Å². The van der Waals surface area contributed by atoms with Gasteiger partial charge in [0.05, 0.1) is 0 Å². The first-order chi connectivity index (χ1) is 15.9. The summed E-state index contributed by atoms with van der Waals surface area (Å²) in [6.45, 7) is 3.91. The van der Waals surface area contributed by atoms with Gasteiger partial charge in [-0.15, -0.1) is 0 Å². The zero-order valence-corrected chi connectivity index (χ0v) is 19.9. The zero-order chi connectivity index (χ0) is 23.8. The number of carbonyl (C=O) groups is 2. The Balaban J connectivity index is 1.86. The molecule has 0 aliphatic heterocycles.